The first-order valence-electron chi connectivity index (χ1n) is 6.14. The van der Waals surface area contributed by atoms with Crippen LogP contribution < -0.4 is 4.73 Å². The molecule has 4 nitrogen and oxygen atoms in total. The van der Waals surface area contributed by atoms with Crippen molar-refractivity contribution in [2.75, 3.05) is 0 Å². The Morgan fingerprint density at radius 3 is 2.70 bits per heavy atom. The number of rotatable bonds is 4. The van der Waals surface area contributed by atoms with Gasteiger partial charge in [0.05, 0.1) is 5.69 Å². The molecule has 0 saturated carbocycles. The predicted molar refractivity (Wildman–Crippen MR) is 76.9 cm³/mol. The van der Waals surface area contributed by atoms with Crippen LogP contribution in [0.3, 0.4) is 0 Å². The third kappa shape index (κ3) is 2.83. The van der Waals surface area contributed by atoms with Crippen LogP contribution in [0.15, 0.2) is 70.4 Å². The highest BCUT2D eigenvalue weighted by Crippen LogP contribution is 2.22. The largest absolute Gasteiger partial charge is 0.618 e. The molecule has 3 rings (SSSR count). The minimum Gasteiger partial charge on any atom is -0.618 e. The Morgan fingerprint density at radius 1 is 1.10 bits per heavy atom. The summed E-state index contributed by atoms with van der Waals surface area (Å²) in [4.78, 5) is 4.43. The summed E-state index contributed by atoms with van der Waals surface area (Å²) in [6, 6.07) is 15.1. The topological polar surface area (TPSA) is 53.0 Å². The summed E-state index contributed by atoms with van der Waals surface area (Å²) in [6.07, 6.45) is 3.12. The Labute approximate surface area is 120 Å². The fourth-order valence-corrected chi connectivity index (χ4v) is 2.55. The summed E-state index contributed by atoms with van der Waals surface area (Å²) >= 11 is 1.44. The second-order valence-electron chi connectivity index (χ2n) is 4.16. The number of benzene rings is 1. The lowest BCUT2D eigenvalue weighted by Gasteiger charge is -2.01. The number of nitrogens with zero attached hydrogens (tertiary/aromatic N) is 2. The molecule has 0 aliphatic rings. The molecular formula is C15H12N2O2S. The van der Waals surface area contributed by atoms with Crippen molar-refractivity contribution >= 4 is 11.8 Å². The summed E-state index contributed by atoms with van der Waals surface area (Å²) in [5.74, 6) is 1.20. The van der Waals surface area contributed by atoms with Crippen molar-refractivity contribution < 1.29 is 9.15 Å². The molecule has 0 unspecified atom stereocenters. The highest BCUT2D eigenvalue weighted by atomic mass is 32.2. The zero-order valence-electron chi connectivity index (χ0n) is 10.6. The Morgan fingerprint density at radius 2 is 1.90 bits per heavy atom. The smallest absolute Gasteiger partial charge is 0.251 e. The summed E-state index contributed by atoms with van der Waals surface area (Å²) in [5, 5.41) is 12.2. The standard InChI is InChI=1S/C15H12N2O2S/c18-17-9-5-4-8-14(17)20-11-13-10-19-15(16-13)12-6-2-1-3-7-12/h1-10H,11H2. The van der Waals surface area contributed by atoms with Gasteiger partial charge in [0.2, 0.25) is 5.89 Å². The second kappa shape index (κ2) is 5.79. The van der Waals surface area contributed by atoms with Gasteiger partial charge in [-0.15, -0.1) is 0 Å². The van der Waals surface area contributed by atoms with Crippen LogP contribution in [0.2, 0.25) is 0 Å². The van der Waals surface area contributed by atoms with Crippen LogP contribution >= 0.6 is 11.8 Å². The third-order valence-corrected chi connectivity index (χ3v) is 3.78. The Balaban J connectivity index is 1.71. The molecule has 0 atom stereocenters. The van der Waals surface area contributed by atoms with Gasteiger partial charge in [-0.2, -0.15) is 4.73 Å². The lowest BCUT2D eigenvalue weighted by Crippen LogP contribution is -2.27. The van der Waals surface area contributed by atoms with Crippen LogP contribution in [0, 0.1) is 5.21 Å². The zero-order valence-corrected chi connectivity index (χ0v) is 11.4. The molecule has 2 heterocycles. The van der Waals surface area contributed by atoms with Crippen molar-refractivity contribution in [3.8, 4) is 11.5 Å². The number of hydrogen-bond donors (Lipinski definition) is 0. The molecule has 3 aromatic rings. The third-order valence-electron chi connectivity index (χ3n) is 2.73. The van der Waals surface area contributed by atoms with E-state index in [1.54, 1.807) is 18.4 Å². The normalized spacial score (nSPS) is 10.6. The van der Waals surface area contributed by atoms with E-state index in [-0.39, 0.29) is 0 Å². The summed E-state index contributed by atoms with van der Waals surface area (Å²) < 4.78 is 6.31. The van der Waals surface area contributed by atoms with E-state index in [9.17, 15) is 5.21 Å². The summed E-state index contributed by atoms with van der Waals surface area (Å²) in [5.41, 5.74) is 1.76. The molecule has 0 radical (unpaired) electrons. The average molecular weight is 284 g/mol. The van der Waals surface area contributed by atoms with Gasteiger partial charge in [0, 0.05) is 23.4 Å². The van der Waals surface area contributed by atoms with Crippen LogP contribution in [0.4, 0.5) is 0 Å². The number of hydrogen-bond acceptors (Lipinski definition) is 4. The molecule has 0 saturated heterocycles. The SMILES string of the molecule is [O-][n+]1ccccc1SCc1coc(-c2ccccc2)n1. The molecule has 2 aromatic heterocycles. The maximum atomic E-state index is 11.5. The second-order valence-corrected chi connectivity index (χ2v) is 5.16. The van der Waals surface area contributed by atoms with Crippen molar-refractivity contribution in [1.82, 2.24) is 4.98 Å². The Hall–Kier alpha value is -2.27. The van der Waals surface area contributed by atoms with Crippen molar-refractivity contribution in [3.63, 3.8) is 0 Å². The van der Waals surface area contributed by atoms with E-state index in [2.05, 4.69) is 4.98 Å². The van der Waals surface area contributed by atoms with E-state index in [0.29, 0.717) is 16.7 Å². The van der Waals surface area contributed by atoms with Crippen LogP contribution in [-0.4, -0.2) is 4.98 Å². The number of thioether (sulfide) groups is 1. The average Bonchev–Trinajstić information content (AvgIpc) is 2.96. The summed E-state index contributed by atoms with van der Waals surface area (Å²) in [6.45, 7) is 0. The van der Waals surface area contributed by atoms with Crippen molar-refractivity contribution in [3.05, 3.63) is 71.9 Å². The van der Waals surface area contributed by atoms with Gasteiger partial charge in [0.1, 0.15) is 6.26 Å². The van der Waals surface area contributed by atoms with E-state index in [0.717, 1.165) is 16.0 Å². The first kappa shape index (κ1) is 12.7. The van der Waals surface area contributed by atoms with E-state index < -0.39 is 0 Å². The number of pyridine rings is 1. The van der Waals surface area contributed by atoms with Gasteiger partial charge in [0.15, 0.2) is 6.20 Å². The number of aromatic nitrogens is 2. The van der Waals surface area contributed by atoms with Gasteiger partial charge in [-0.25, -0.2) is 4.98 Å². The molecule has 0 N–H and O–H groups in total. The Kier molecular flexibility index (Phi) is 3.69. The van der Waals surface area contributed by atoms with Gasteiger partial charge in [-0.1, -0.05) is 18.2 Å². The lowest BCUT2D eigenvalue weighted by atomic mass is 10.2. The number of oxazole rings is 1. The molecule has 100 valence electrons. The van der Waals surface area contributed by atoms with Gasteiger partial charge < -0.3 is 9.62 Å². The molecule has 0 bridgehead atoms. The van der Waals surface area contributed by atoms with Gasteiger partial charge in [-0.05, 0) is 30.0 Å². The van der Waals surface area contributed by atoms with Crippen LogP contribution in [0.25, 0.3) is 11.5 Å². The van der Waals surface area contributed by atoms with E-state index in [1.165, 1.54) is 18.0 Å². The quantitative estimate of drug-likeness (QED) is 0.419. The molecule has 0 amide bonds. The predicted octanol–water partition coefficient (Wildman–Crippen LogP) is 3.27. The monoisotopic (exact) mass is 284 g/mol. The van der Waals surface area contributed by atoms with Crippen LogP contribution in [0.5, 0.6) is 0 Å². The Bertz CT molecular complexity index is 698. The zero-order chi connectivity index (χ0) is 13.8. The van der Waals surface area contributed by atoms with Gasteiger partial charge in [0.25, 0.3) is 5.03 Å². The van der Waals surface area contributed by atoms with Crippen LogP contribution in [-0.2, 0) is 5.75 Å². The van der Waals surface area contributed by atoms with E-state index in [4.69, 9.17) is 4.42 Å². The fourth-order valence-electron chi connectivity index (χ4n) is 1.76. The molecular weight excluding hydrogens is 272 g/mol. The minimum atomic E-state index is 0.600. The van der Waals surface area contributed by atoms with Crippen molar-refractivity contribution in [1.29, 1.82) is 0 Å². The maximum Gasteiger partial charge on any atom is 0.251 e. The molecule has 0 spiro atoms. The minimum absolute atomic E-state index is 0.600. The first-order chi connectivity index (χ1) is 9.83. The van der Waals surface area contributed by atoms with Crippen molar-refractivity contribution in [2.45, 2.75) is 10.8 Å². The van der Waals surface area contributed by atoms with E-state index in [1.807, 2.05) is 36.4 Å². The highest BCUT2D eigenvalue weighted by molar-refractivity contribution is 7.98. The maximum absolute atomic E-state index is 11.5. The molecule has 1 aromatic carbocycles. The van der Waals surface area contributed by atoms with Crippen molar-refractivity contribution in [2.24, 2.45) is 0 Å². The van der Waals surface area contributed by atoms with Gasteiger partial charge >= 0.3 is 0 Å². The fraction of sp³-hybridized carbons (Fsp3) is 0.0667. The molecule has 20 heavy (non-hydrogen) atoms. The lowest BCUT2D eigenvalue weighted by molar-refractivity contribution is -0.645. The van der Waals surface area contributed by atoms with Gasteiger partial charge in [-0.3, -0.25) is 0 Å². The first-order valence-corrected chi connectivity index (χ1v) is 7.12. The summed E-state index contributed by atoms with van der Waals surface area (Å²) in [7, 11) is 0. The molecule has 5 heteroatoms. The van der Waals surface area contributed by atoms with Crippen LogP contribution in [0.1, 0.15) is 5.69 Å². The molecule has 0 aliphatic heterocycles. The molecule has 0 aliphatic carbocycles. The highest BCUT2D eigenvalue weighted by Gasteiger charge is 2.09. The molecule has 0 fully saturated rings. The van der Waals surface area contributed by atoms with E-state index >= 15 is 0 Å².